The van der Waals surface area contributed by atoms with Gasteiger partial charge in [-0.25, -0.2) is 4.39 Å². The summed E-state index contributed by atoms with van der Waals surface area (Å²) in [5, 5.41) is 3.29. The summed E-state index contributed by atoms with van der Waals surface area (Å²) in [5.74, 6) is 0.404. The maximum Gasteiger partial charge on any atom is 0.228 e. The van der Waals surface area contributed by atoms with Gasteiger partial charge in [-0.3, -0.25) is 0 Å². The summed E-state index contributed by atoms with van der Waals surface area (Å²) in [6, 6.07) is 4.56. The Morgan fingerprint density at radius 3 is 2.57 bits per heavy atom. The molecule has 0 fully saturated rings. The van der Waals surface area contributed by atoms with E-state index in [4.69, 9.17) is 5.73 Å². The van der Waals surface area contributed by atoms with Crippen LogP contribution in [0.5, 0.6) is 0 Å². The highest BCUT2D eigenvalue weighted by Gasteiger charge is 2.27. The molecule has 3 rings (SSSR count). The van der Waals surface area contributed by atoms with E-state index in [1.807, 2.05) is 0 Å². The van der Waals surface area contributed by atoms with Crippen LogP contribution in [0.25, 0.3) is 0 Å². The summed E-state index contributed by atoms with van der Waals surface area (Å²) in [6.45, 7) is 7.04. The van der Waals surface area contributed by atoms with Crippen LogP contribution >= 0.6 is 0 Å². The maximum atomic E-state index is 14.1. The molecule has 1 heterocycles. The molecule has 6 heteroatoms. The van der Waals surface area contributed by atoms with Gasteiger partial charge in [-0.15, -0.1) is 0 Å². The predicted molar refractivity (Wildman–Crippen MR) is 89.0 cm³/mol. The Labute approximate surface area is 135 Å². The number of hydrogen-bond acceptors (Lipinski definition) is 5. The van der Waals surface area contributed by atoms with Crippen LogP contribution in [0.1, 0.15) is 54.4 Å². The first-order valence-corrected chi connectivity index (χ1v) is 7.81. The molecule has 1 atom stereocenters. The molecule has 2 aromatic rings. The van der Waals surface area contributed by atoms with Crippen molar-refractivity contribution in [1.29, 1.82) is 0 Å². The zero-order valence-corrected chi connectivity index (χ0v) is 13.9. The minimum atomic E-state index is -1.66. The van der Waals surface area contributed by atoms with E-state index in [-0.39, 0.29) is 17.8 Å². The van der Waals surface area contributed by atoms with Gasteiger partial charge in [-0.05, 0) is 62.8 Å². The Hall–Kier alpha value is -2.24. The molecule has 1 aromatic carbocycles. The lowest BCUT2D eigenvalue weighted by Crippen LogP contribution is -2.19. The van der Waals surface area contributed by atoms with Crippen LogP contribution in [-0.2, 0) is 12.1 Å². The summed E-state index contributed by atoms with van der Waals surface area (Å²) in [5.41, 5.74) is 9.21. The van der Waals surface area contributed by atoms with Crippen molar-refractivity contribution in [2.45, 2.75) is 52.2 Å². The normalized spacial score (nSPS) is 17.2. The first kappa shape index (κ1) is 15.6. The highest BCUT2D eigenvalue weighted by molar-refractivity contribution is 5.46. The van der Waals surface area contributed by atoms with Crippen molar-refractivity contribution in [3.05, 3.63) is 40.2 Å². The second-order valence-corrected chi connectivity index (χ2v) is 6.68. The number of rotatable bonds is 3. The van der Waals surface area contributed by atoms with Crippen molar-refractivity contribution in [1.82, 2.24) is 15.0 Å². The van der Waals surface area contributed by atoms with E-state index >= 15 is 0 Å². The second kappa shape index (κ2) is 5.44. The number of anilines is 2. The molecule has 5 nitrogen and oxygen atoms in total. The van der Waals surface area contributed by atoms with Crippen molar-refractivity contribution >= 4 is 11.9 Å². The van der Waals surface area contributed by atoms with Crippen molar-refractivity contribution in [3.63, 3.8) is 0 Å². The van der Waals surface area contributed by atoms with Crippen LogP contribution in [-0.4, -0.2) is 15.0 Å². The number of benzene rings is 1. The number of nitrogens with one attached hydrogen (secondary N) is 1. The quantitative estimate of drug-likeness (QED) is 0.908. The minimum absolute atomic E-state index is 0.0292. The molecule has 1 aliphatic carbocycles. The van der Waals surface area contributed by atoms with E-state index in [1.54, 1.807) is 0 Å². The van der Waals surface area contributed by atoms with Gasteiger partial charge < -0.3 is 11.1 Å². The Balaban J connectivity index is 1.91. The van der Waals surface area contributed by atoms with Crippen molar-refractivity contribution in [2.75, 3.05) is 11.1 Å². The van der Waals surface area contributed by atoms with E-state index in [2.05, 4.69) is 46.2 Å². The van der Waals surface area contributed by atoms with E-state index in [0.717, 1.165) is 12.8 Å². The molecule has 0 bridgehead atoms. The lowest BCUT2D eigenvalue weighted by atomic mass is 10.0. The summed E-state index contributed by atoms with van der Waals surface area (Å²) in [4.78, 5) is 12.2. The molecule has 1 aromatic heterocycles. The predicted octanol–water partition coefficient (Wildman–Crippen LogP) is 3.37. The molecule has 0 saturated carbocycles. The lowest BCUT2D eigenvalue weighted by molar-refractivity contribution is 0.206. The van der Waals surface area contributed by atoms with E-state index < -0.39 is 5.67 Å². The third kappa shape index (κ3) is 3.11. The summed E-state index contributed by atoms with van der Waals surface area (Å²) < 4.78 is 14.1. The van der Waals surface area contributed by atoms with Crippen molar-refractivity contribution in [3.8, 4) is 0 Å². The van der Waals surface area contributed by atoms with E-state index in [1.165, 1.54) is 36.1 Å². The van der Waals surface area contributed by atoms with Crippen molar-refractivity contribution < 1.29 is 4.39 Å². The number of alkyl halides is 1. The van der Waals surface area contributed by atoms with Gasteiger partial charge in [0.25, 0.3) is 0 Å². The fourth-order valence-corrected chi connectivity index (χ4v) is 2.92. The molecular weight excluding hydrogens is 293 g/mol. The number of aryl methyl sites for hydroxylation is 3. The summed E-state index contributed by atoms with van der Waals surface area (Å²) >= 11 is 0. The van der Waals surface area contributed by atoms with Crippen LogP contribution in [0, 0.1) is 13.8 Å². The molecule has 0 amide bonds. The summed E-state index contributed by atoms with van der Waals surface area (Å²) in [7, 11) is 0. The smallest absolute Gasteiger partial charge is 0.228 e. The first-order valence-electron chi connectivity index (χ1n) is 7.81. The second-order valence-electron chi connectivity index (χ2n) is 6.68. The molecule has 1 unspecified atom stereocenters. The number of fused-ring (bicyclic) bond motifs is 1. The Bertz CT molecular complexity index is 751. The number of aromatic nitrogens is 3. The highest BCUT2D eigenvalue weighted by atomic mass is 19.1. The fraction of sp³-hybridized carbons (Fsp3) is 0.471. The molecule has 3 N–H and O–H groups in total. The van der Waals surface area contributed by atoms with Gasteiger partial charge in [0.1, 0.15) is 0 Å². The van der Waals surface area contributed by atoms with Crippen LogP contribution in [0.15, 0.2) is 12.1 Å². The molecular formula is C17H22FN5. The van der Waals surface area contributed by atoms with Crippen LogP contribution in [0.3, 0.4) is 0 Å². The molecule has 0 aliphatic heterocycles. The van der Waals surface area contributed by atoms with Gasteiger partial charge in [0.05, 0.1) is 6.04 Å². The molecule has 0 saturated heterocycles. The van der Waals surface area contributed by atoms with Gasteiger partial charge in [-0.2, -0.15) is 15.0 Å². The topological polar surface area (TPSA) is 76.7 Å². The minimum Gasteiger partial charge on any atom is -0.368 e. The molecule has 122 valence electrons. The van der Waals surface area contributed by atoms with E-state index in [0.29, 0.717) is 5.95 Å². The fourth-order valence-electron chi connectivity index (χ4n) is 2.92. The highest BCUT2D eigenvalue weighted by Crippen LogP contribution is 2.35. The average molecular weight is 315 g/mol. The standard InChI is InChI=1S/C17H22FN5/c1-9-7-11-5-6-13(12(11)8-10(9)2)20-16-22-14(17(3,4)18)21-15(19)23-16/h7-8,13H,5-6H2,1-4H3,(H3,19,20,21,22,23). The average Bonchev–Trinajstić information content (AvgIpc) is 2.80. The lowest BCUT2D eigenvalue weighted by Gasteiger charge is -2.18. The zero-order chi connectivity index (χ0) is 16.8. The number of nitrogens with two attached hydrogens (primary N) is 1. The Kier molecular flexibility index (Phi) is 3.70. The number of nitrogens with zero attached hydrogens (tertiary/aromatic N) is 3. The number of halogens is 1. The molecule has 1 aliphatic rings. The van der Waals surface area contributed by atoms with Crippen LogP contribution in [0.4, 0.5) is 16.3 Å². The van der Waals surface area contributed by atoms with Gasteiger partial charge in [0, 0.05) is 0 Å². The largest absolute Gasteiger partial charge is 0.368 e. The van der Waals surface area contributed by atoms with Gasteiger partial charge in [0.15, 0.2) is 11.5 Å². The molecule has 0 spiro atoms. The summed E-state index contributed by atoms with van der Waals surface area (Å²) in [6.07, 6.45) is 1.97. The number of hydrogen-bond donors (Lipinski definition) is 2. The third-order valence-electron chi connectivity index (χ3n) is 4.32. The zero-order valence-electron chi connectivity index (χ0n) is 13.9. The first-order chi connectivity index (χ1) is 10.7. The molecule has 23 heavy (non-hydrogen) atoms. The number of nitrogen functional groups attached to an aromatic ring is 1. The van der Waals surface area contributed by atoms with Crippen LogP contribution in [0.2, 0.25) is 0 Å². The Morgan fingerprint density at radius 2 is 1.87 bits per heavy atom. The molecule has 0 radical (unpaired) electrons. The van der Waals surface area contributed by atoms with E-state index in [9.17, 15) is 4.39 Å². The van der Waals surface area contributed by atoms with Gasteiger partial charge >= 0.3 is 0 Å². The monoisotopic (exact) mass is 315 g/mol. The maximum absolute atomic E-state index is 14.1. The SMILES string of the molecule is Cc1cc2c(cc1C)C(Nc1nc(N)nc(C(C)(C)F)n1)CC2. The van der Waals surface area contributed by atoms with Gasteiger partial charge in [0.2, 0.25) is 11.9 Å². The Morgan fingerprint density at radius 1 is 1.17 bits per heavy atom. The third-order valence-corrected chi connectivity index (χ3v) is 4.32. The van der Waals surface area contributed by atoms with Crippen LogP contribution < -0.4 is 11.1 Å². The van der Waals surface area contributed by atoms with Crippen molar-refractivity contribution in [2.24, 2.45) is 0 Å². The van der Waals surface area contributed by atoms with Gasteiger partial charge in [-0.1, -0.05) is 12.1 Å².